The summed E-state index contributed by atoms with van der Waals surface area (Å²) >= 11 is 0. The van der Waals surface area contributed by atoms with Crippen molar-refractivity contribution in [2.45, 2.75) is 32.1 Å². The SMILES string of the molecule is CCNC(=NCC(=O)NCc1ccco1)NC1CCN(CC(F)(F)F)C1. The van der Waals surface area contributed by atoms with Gasteiger partial charge >= 0.3 is 6.18 Å². The van der Waals surface area contributed by atoms with Crippen LogP contribution < -0.4 is 16.0 Å². The van der Waals surface area contributed by atoms with Crippen LogP contribution in [-0.2, 0) is 11.3 Å². The van der Waals surface area contributed by atoms with E-state index in [2.05, 4.69) is 20.9 Å². The van der Waals surface area contributed by atoms with Gasteiger partial charge in [-0.2, -0.15) is 13.2 Å². The number of alkyl halides is 3. The Morgan fingerprint density at radius 1 is 1.42 bits per heavy atom. The summed E-state index contributed by atoms with van der Waals surface area (Å²) in [4.78, 5) is 17.4. The van der Waals surface area contributed by atoms with Crippen molar-refractivity contribution in [2.24, 2.45) is 4.99 Å². The predicted molar refractivity (Wildman–Crippen MR) is 90.6 cm³/mol. The largest absolute Gasteiger partial charge is 0.467 e. The minimum Gasteiger partial charge on any atom is -0.467 e. The number of carbonyl (C=O) groups is 1. The van der Waals surface area contributed by atoms with Crippen LogP contribution in [0.25, 0.3) is 0 Å². The summed E-state index contributed by atoms with van der Waals surface area (Å²) in [5.74, 6) is 0.784. The summed E-state index contributed by atoms with van der Waals surface area (Å²) in [6.45, 7) is 2.40. The molecule has 1 atom stereocenters. The van der Waals surface area contributed by atoms with E-state index in [9.17, 15) is 18.0 Å². The molecule has 1 amide bonds. The molecule has 1 unspecified atom stereocenters. The second-order valence-electron chi connectivity index (χ2n) is 6.03. The molecule has 0 radical (unpaired) electrons. The fraction of sp³-hybridized carbons (Fsp3) is 0.625. The number of halogens is 3. The third kappa shape index (κ3) is 7.34. The van der Waals surface area contributed by atoms with Crippen LogP contribution in [0, 0.1) is 0 Å². The van der Waals surface area contributed by atoms with Crippen molar-refractivity contribution in [3.05, 3.63) is 24.2 Å². The van der Waals surface area contributed by atoms with Gasteiger partial charge in [-0.1, -0.05) is 0 Å². The Morgan fingerprint density at radius 3 is 2.88 bits per heavy atom. The van der Waals surface area contributed by atoms with Crippen molar-refractivity contribution in [1.82, 2.24) is 20.9 Å². The Kier molecular flexibility index (Phi) is 7.31. The van der Waals surface area contributed by atoms with Crippen molar-refractivity contribution < 1.29 is 22.4 Å². The highest BCUT2D eigenvalue weighted by atomic mass is 19.4. The number of amides is 1. The molecule has 26 heavy (non-hydrogen) atoms. The summed E-state index contributed by atoms with van der Waals surface area (Å²) < 4.78 is 42.5. The van der Waals surface area contributed by atoms with E-state index in [1.165, 1.54) is 11.2 Å². The molecule has 0 spiro atoms. The van der Waals surface area contributed by atoms with Crippen LogP contribution in [0.15, 0.2) is 27.8 Å². The average molecular weight is 375 g/mol. The zero-order chi connectivity index (χ0) is 19.0. The van der Waals surface area contributed by atoms with Crippen molar-refractivity contribution in [1.29, 1.82) is 0 Å². The van der Waals surface area contributed by atoms with E-state index in [0.717, 1.165) is 0 Å². The smallest absolute Gasteiger partial charge is 0.401 e. The van der Waals surface area contributed by atoms with Gasteiger partial charge in [0.15, 0.2) is 5.96 Å². The lowest BCUT2D eigenvalue weighted by molar-refractivity contribution is -0.143. The number of guanidine groups is 1. The molecule has 0 aliphatic carbocycles. The lowest BCUT2D eigenvalue weighted by atomic mass is 10.3. The number of hydrogen-bond donors (Lipinski definition) is 3. The molecule has 1 aliphatic heterocycles. The third-order valence-electron chi connectivity index (χ3n) is 3.78. The number of nitrogens with one attached hydrogen (secondary N) is 3. The van der Waals surface area contributed by atoms with Crippen molar-refractivity contribution in [3.8, 4) is 0 Å². The number of furan rings is 1. The molecule has 1 saturated heterocycles. The van der Waals surface area contributed by atoms with Gasteiger partial charge in [0.05, 0.1) is 19.4 Å². The topological polar surface area (TPSA) is 81.9 Å². The zero-order valence-corrected chi connectivity index (χ0v) is 14.6. The monoisotopic (exact) mass is 375 g/mol. The standard InChI is InChI=1S/C16H24F3N5O2/c1-2-20-15(22-9-14(25)21-8-13-4-3-7-26-13)23-12-5-6-24(10-12)11-16(17,18)19/h3-4,7,12H,2,5-6,8-11H2,1H3,(H,21,25)(H2,20,22,23). The number of carbonyl (C=O) groups excluding carboxylic acids is 1. The fourth-order valence-electron chi connectivity index (χ4n) is 2.67. The lowest BCUT2D eigenvalue weighted by Gasteiger charge is -2.19. The van der Waals surface area contributed by atoms with E-state index in [1.807, 2.05) is 6.92 Å². The molecule has 1 aromatic rings. The van der Waals surface area contributed by atoms with Crippen LogP contribution in [0.5, 0.6) is 0 Å². The highest BCUT2D eigenvalue weighted by Gasteiger charge is 2.34. The Labute approximate surface area is 150 Å². The van der Waals surface area contributed by atoms with Gasteiger partial charge in [-0.15, -0.1) is 0 Å². The molecule has 3 N–H and O–H groups in total. The number of aliphatic imine (C=N–C) groups is 1. The van der Waals surface area contributed by atoms with Gasteiger partial charge < -0.3 is 20.4 Å². The van der Waals surface area contributed by atoms with Crippen molar-refractivity contribution in [3.63, 3.8) is 0 Å². The maximum atomic E-state index is 12.5. The normalized spacial score (nSPS) is 18.8. The van der Waals surface area contributed by atoms with Crippen LogP contribution in [-0.4, -0.2) is 61.7 Å². The first-order chi connectivity index (χ1) is 12.4. The second kappa shape index (κ2) is 9.46. The minimum absolute atomic E-state index is 0.0883. The van der Waals surface area contributed by atoms with Crippen LogP contribution in [0.1, 0.15) is 19.1 Å². The van der Waals surface area contributed by atoms with Crippen LogP contribution in [0.4, 0.5) is 13.2 Å². The molecule has 7 nitrogen and oxygen atoms in total. The van der Waals surface area contributed by atoms with Gasteiger partial charge in [0.25, 0.3) is 0 Å². The number of nitrogens with zero attached hydrogens (tertiary/aromatic N) is 2. The average Bonchev–Trinajstić information content (AvgIpc) is 3.21. The molecule has 0 saturated carbocycles. The first-order valence-electron chi connectivity index (χ1n) is 8.48. The van der Waals surface area contributed by atoms with Crippen LogP contribution in [0.2, 0.25) is 0 Å². The molecule has 10 heteroatoms. The molecule has 1 aromatic heterocycles. The second-order valence-corrected chi connectivity index (χ2v) is 6.03. The molecule has 2 heterocycles. The highest BCUT2D eigenvalue weighted by Crippen LogP contribution is 2.19. The Bertz CT molecular complexity index is 589. The highest BCUT2D eigenvalue weighted by molar-refractivity contribution is 5.85. The van der Waals surface area contributed by atoms with Gasteiger partial charge in [-0.05, 0) is 25.5 Å². The molecular formula is C16H24F3N5O2. The van der Waals surface area contributed by atoms with E-state index in [0.29, 0.717) is 31.2 Å². The maximum Gasteiger partial charge on any atom is 0.401 e. The van der Waals surface area contributed by atoms with E-state index in [1.54, 1.807) is 12.1 Å². The van der Waals surface area contributed by atoms with Gasteiger partial charge in [-0.3, -0.25) is 9.69 Å². The summed E-state index contributed by atoms with van der Waals surface area (Å²) in [5, 5.41) is 8.77. The Morgan fingerprint density at radius 2 is 2.23 bits per heavy atom. The lowest BCUT2D eigenvalue weighted by Crippen LogP contribution is -2.45. The van der Waals surface area contributed by atoms with E-state index in [-0.39, 0.29) is 31.6 Å². The summed E-state index contributed by atoms with van der Waals surface area (Å²) in [6.07, 6.45) is -2.08. The Balaban J connectivity index is 1.78. The maximum absolute atomic E-state index is 12.5. The predicted octanol–water partition coefficient (Wildman–Crippen LogP) is 1.09. The van der Waals surface area contributed by atoms with Gasteiger partial charge in [0.2, 0.25) is 5.91 Å². The van der Waals surface area contributed by atoms with Gasteiger partial charge in [-0.25, -0.2) is 4.99 Å². The third-order valence-corrected chi connectivity index (χ3v) is 3.78. The summed E-state index contributed by atoms with van der Waals surface area (Å²) in [7, 11) is 0. The summed E-state index contributed by atoms with van der Waals surface area (Å²) in [5.41, 5.74) is 0. The first-order valence-corrected chi connectivity index (χ1v) is 8.48. The minimum atomic E-state index is -4.19. The van der Waals surface area contributed by atoms with E-state index in [4.69, 9.17) is 4.42 Å². The zero-order valence-electron chi connectivity index (χ0n) is 14.6. The molecule has 2 rings (SSSR count). The summed E-state index contributed by atoms with van der Waals surface area (Å²) in [6, 6.07) is 3.35. The first kappa shape index (κ1) is 20.1. The molecular weight excluding hydrogens is 351 g/mol. The van der Waals surface area contributed by atoms with Crippen molar-refractivity contribution in [2.75, 3.05) is 32.7 Å². The Hall–Kier alpha value is -2.23. The molecule has 146 valence electrons. The number of rotatable bonds is 7. The van der Waals surface area contributed by atoms with Crippen LogP contribution in [0.3, 0.4) is 0 Å². The molecule has 1 fully saturated rings. The van der Waals surface area contributed by atoms with Gasteiger partial charge in [0, 0.05) is 25.7 Å². The van der Waals surface area contributed by atoms with E-state index < -0.39 is 12.7 Å². The number of likely N-dealkylation sites (tertiary alicyclic amines) is 1. The fourth-order valence-corrected chi connectivity index (χ4v) is 2.67. The quantitative estimate of drug-likeness (QED) is 0.491. The number of hydrogen-bond acceptors (Lipinski definition) is 4. The molecule has 1 aliphatic rings. The molecule has 0 bridgehead atoms. The van der Waals surface area contributed by atoms with Crippen LogP contribution >= 0.6 is 0 Å². The van der Waals surface area contributed by atoms with E-state index >= 15 is 0 Å². The molecule has 0 aromatic carbocycles. The van der Waals surface area contributed by atoms with Gasteiger partial charge in [0.1, 0.15) is 12.3 Å². The van der Waals surface area contributed by atoms with Crippen molar-refractivity contribution >= 4 is 11.9 Å².